The van der Waals surface area contributed by atoms with Crippen LogP contribution in [0.3, 0.4) is 0 Å². The third kappa shape index (κ3) is 1.95. The maximum atomic E-state index is 11.3. The van der Waals surface area contributed by atoms with Crippen LogP contribution in [0.25, 0.3) is 0 Å². The number of carbonyl (C=O) groups is 2. The van der Waals surface area contributed by atoms with Crippen molar-refractivity contribution in [1.29, 1.82) is 0 Å². The largest absolute Gasteiger partial charge is 0.381 e. The van der Waals surface area contributed by atoms with Crippen LogP contribution in [0.5, 0.6) is 0 Å². The summed E-state index contributed by atoms with van der Waals surface area (Å²) in [5.41, 5.74) is -0.101. The van der Waals surface area contributed by atoms with Gasteiger partial charge in [0.05, 0.1) is 0 Å². The molecule has 78 valence electrons. The maximum absolute atomic E-state index is 11.3. The number of imide groups is 1. The zero-order valence-corrected chi connectivity index (χ0v) is 8.17. The molecule has 2 fully saturated rings. The lowest BCUT2D eigenvalue weighted by atomic mass is 9.73. The predicted octanol–water partition coefficient (Wildman–Crippen LogP) is 0.610. The van der Waals surface area contributed by atoms with Crippen LogP contribution < -0.4 is 5.32 Å². The summed E-state index contributed by atoms with van der Waals surface area (Å²) in [5.74, 6) is -0.244. The lowest BCUT2D eigenvalue weighted by Crippen LogP contribution is -2.44. The zero-order valence-electron chi connectivity index (χ0n) is 8.17. The molecular weight excluding hydrogens is 182 g/mol. The van der Waals surface area contributed by atoms with Crippen molar-refractivity contribution < 1.29 is 14.3 Å². The molecule has 0 aliphatic carbocycles. The van der Waals surface area contributed by atoms with Crippen molar-refractivity contribution in [3.05, 3.63) is 0 Å². The Hall–Kier alpha value is -0.900. The number of carbonyl (C=O) groups excluding carboxylic acids is 2. The molecule has 0 aromatic heterocycles. The lowest BCUT2D eigenvalue weighted by molar-refractivity contribution is -0.138. The molecule has 2 aliphatic heterocycles. The van der Waals surface area contributed by atoms with Crippen LogP contribution in [0.15, 0.2) is 0 Å². The molecule has 0 aromatic rings. The van der Waals surface area contributed by atoms with E-state index >= 15 is 0 Å². The van der Waals surface area contributed by atoms with Gasteiger partial charge in [0.2, 0.25) is 11.8 Å². The van der Waals surface area contributed by atoms with Crippen molar-refractivity contribution in [3.8, 4) is 0 Å². The Labute approximate surface area is 83.0 Å². The lowest BCUT2D eigenvalue weighted by Gasteiger charge is -2.34. The van der Waals surface area contributed by atoms with Crippen LogP contribution in [0, 0.1) is 5.41 Å². The van der Waals surface area contributed by atoms with Gasteiger partial charge in [-0.05, 0) is 24.7 Å². The van der Waals surface area contributed by atoms with Gasteiger partial charge in [0, 0.05) is 26.1 Å². The highest BCUT2D eigenvalue weighted by Crippen LogP contribution is 2.39. The highest BCUT2D eigenvalue weighted by Gasteiger charge is 2.39. The molecule has 1 spiro atoms. The van der Waals surface area contributed by atoms with E-state index in [9.17, 15) is 9.59 Å². The first-order valence-corrected chi connectivity index (χ1v) is 5.11. The third-order valence-corrected chi connectivity index (χ3v) is 3.12. The molecule has 0 bridgehead atoms. The van der Waals surface area contributed by atoms with Gasteiger partial charge in [0.25, 0.3) is 0 Å². The number of nitrogens with one attached hydrogen (secondary N) is 1. The van der Waals surface area contributed by atoms with E-state index < -0.39 is 0 Å². The van der Waals surface area contributed by atoms with E-state index in [1.165, 1.54) is 0 Å². The highest BCUT2D eigenvalue weighted by molar-refractivity contribution is 5.98. The van der Waals surface area contributed by atoms with Gasteiger partial charge in [0.1, 0.15) is 0 Å². The summed E-state index contributed by atoms with van der Waals surface area (Å²) in [6, 6.07) is 0. The van der Waals surface area contributed by atoms with E-state index in [0.717, 1.165) is 25.9 Å². The van der Waals surface area contributed by atoms with Gasteiger partial charge in [-0.25, -0.2) is 0 Å². The molecule has 4 nitrogen and oxygen atoms in total. The Bertz CT molecular complexity index is 236. The summed E-state index contributed by atoms with van der Waals surface area (Å²) in [5, 5.41) is 2.35. The second kappa shape index (κ2) is 3.69. The van der Waals surface area contributed by atoms with Gasteiger partial charge in [-0.15, -0.1) is 0 Å². The highest BCUT2D eigenvalue weighted by atomic mass is 16.5. The summed E-state index contributed by atoms with van der Waals surface area (Å²) in [7, 11) is 0. The average Bonchev–Trinajstić information content (AvgIpc) is 2.28. The summed E-state index contributed by atoms with van der Waals surface area (Å²) < 4.78 is 5.35. The molecule has 0 unspecified atom stereocenters. The summed E-state index contributed by atoms with van der Waals surface area (Å²) in [4.78, 5) is 22.6. The Kier molecular flexibility index (Phi) is 2.54. The van der Waals surface area contributed by atoms with E-state index in [1.54, 1.807) is 0 Å². The number of amides is 2. The van der Waals surface area contributed by atoms with Crippen molar-refractivity contribution in [2.24, 2.45) is 5.41 Å². The molecule has 0 atom stereocenters. The summed E-state index contributed by atoms with van der Waals surface area (Å²) in [6.07, 6.45) is 3.71. The fourth-order valence-corrected chi connectivity index (χ4v) is 2.41. The monoisotopic (exact) mass is 197 g/mol. The Morgan fingerprint density at radius 2 is 1.79 bits per heavy atom. The van der Waals surface area contributed by atoms with Crippen molar-refractivity contribution in [2.75, 3.05) is 13.2 Å². The van der Waals surface area contributed by atoms with Gasteiger partial charge in [-0.3, -0.25) is 14.9 Å². The van der Waals surface area contributed by atoms with E-state index in [-0.39, 0.29) is 17.2 Å². The smallest absolute Gasteiger partial charge is 0.227 e. The van der Waals surface area contributed by atoms with E-state index in [0.29, 0.717) is 19.4 Å². The molecule has 2 amide bonds. The molecule has 0 aromatic carbocycles. The van der Waals surface area contributed by atoms with Crippen molar-refractivity contribution in [3.63, 3.8) is 0 Å². The number of hydrogen-bond donors (Lipinski definition) is 1. The van der Waals surface area contributed by atoms with Crippen LogP contribution in [0.1, 0.15) is 32.1 Å². The molecule has 2 rings (SSSR count). The van der Waals surface area contributed by atoms with Crippen LogP contribution >= 0.6 is 0 Å². The molecule has 0 radical (unpaired) electrons. The SMILES string of the molecule is O=C1CC2(CCCOCC2)CC(=O)N1. The fraction of sp³-hybridized carbons (Fsp3) is 0.800. The van der Waals surface area contributed by atoms with Crippen LogP contribution in [-0.4, -0.2) is 25.0 Å². The van der Waals surface area contributed by atoms with Gasteiger partial charge in [0.15, 0.2) is 0 Å². The minimum Gasteiger partial charge on any atom is -0.381 e. The zero-order chi connectivity index (χ0) is 10.0. The van der Waals surface area contributed by atoms with Crippen LogP contribution in [-0.2, 0) is 14.3 Å². The number of ether oxygens (including phenoxy) is 1. The van der Waals surface area contributed by atoms with Gasteiger partial charge < -0.3 is 4.74 Å². The molecule has 2 aliphatic rings. The van der Waals surface area contributed by atoms with Gasteiger partial charge >= 0.3 is 0 Å². The van der Waals surface area contributed by atoms with E-state index in [2.05, 4.69) is 5.32 Å². The topological polar surface area (TPSA) is 55.4 Å². The first kappa shape index (κ1) is 9.65. The number of piperidine rings is 1. The maximum Gasteiger partial charge on any atom is 0.227 e. The van der Waals surface area contributed by atoms with E-state index in [4.69, 9.17) is 4.74 Å². The minimum absolute atomic E-state index is 0.101. The van der Waals surface area contributed by atoms with Gasteiger partial charge in [-0.1, -0.05) is 0 Å². The Morgan fingerprint density at radius 1 is 1.07 bits per heavy atom. The van der Waals surface area contributed by atoms with Crippen molar-refractivity contribution in [1.82, 2.24) is 5.32 Å². The number of rotatable bonds is 0. The van der Waals surface area contributed by atoms with Crippen LogP contribution in [0.4, 0.5) is 0 Å². The second-order valence-electron chi connectivity index (χ2n) is 4.29. The molecule has 2 heterocycles. The normalized spacial score (nSPS) is 27.1. The molecular formula is C10H15NO3. The van der Waals surface area contributed by atoms with Crippen molar-refractivity contribution in [2.45, 2.75) is 32.1 Å². The number of hydrogen-bond acceptors (Lipinski definition) is 3. The van der Waals surface area contributed by atoms with Crippen molar-refractivity contribution >= 4 is 11.8 Å². The third-order valence-electron chi connectivity index (χ3n) is 3.12. The molecule has 0 saturated carbocycles. The first-order chi connectivity index (χ1) is 6.70. The first-order valence-electron chi connectivity index (χ1n) is 5.11. The standard InChI is InChI=1S/C10H15NO3/c12-8-6-10(7-9(13)11-8)2-1-4-14-5-3-10/h1-7H2,(H,11,12,13). The molecule has 2 saturated heterocycles. The Balaban J connectivity index is 2.11. The minimum atomic E-state index is -0.122. The van der Waals surface area contributed by atoms with E-state index in [1.807, 2.05) is 0 Å². The Morgan fingerprint density at radius 3 is 2.50 bits per heavy atom. The average molecular weight is 197 g/mol. The molecule has 14 heavy (non-hydrogen) atoms. The van der Waals surface area contributed by atoms with Crippen LogP contribution in [0.2, 0.25) is 0 Å². The molecule has 1 N–H and O–H groups in total. The predicted molar refractivity (Wildman–Crippen MR) is 49.5 cm³/mol. The fourth-order valence-electron chi connectivity index (χ4n) is 2.41. The summed E-state index contributed by atoms with van der Waals surface area (Å²) >= 11 is 0. The second-order valence-corrected chi connectivity index (χ2v) is 4.29. The quantitative estimate of drug-likeness (QED) is 0.579. The van der Waals surface area contributed by atoms with Gasteiger partial charge in [-0.2, -0.15) is 0 Å². The molecule has 4 heteroatoms. The summed E-state index contributed by atoms with van der Waals surface area (Å²) in [6.45, 7) is 1.44.